The molecule has 1 aromatic heterocycles. The number of carbonyl (C=O) groups is 1. The van der Waals surface area contributed by atoms with Crippen molar-refractivity contribution in [3.63, 3.8) is 0 Å². The Morgan fingerprint density at radius 2 is 1.70 bits per heavy atom. The molecule has 0 saturated heterocycles. The highest BCUT2D eigenvalue weighted by atomic mass is 16.5. The van der Waals surface area contributed by atoms with Crippen molar-refractivity contribution in [1.29, 1.82) is 0 Å². The van der Waals surface area contributed by atoms with E-state index in [2.05, 4.69) is 10.4 Å². The van der Waals surface area contributed by atoms with Gasteiger partial charge in [0.25, 0.3) is 5.56 Å². The van der Waals surface area contributed by atoms with E-state index in [1.165, 1.54) is 4.68 Å². The van der Waals surface area contributed by atoms with Crippen LogP contribution in [0, 0.1) is 12.8 Å². The molecular weight excluding hydrogens is 382 g/mol. The number of carbonyl (C=O) groups excluding carboxylic acids is 1. The van der Waals surface area contributed by atoms with Crippen LogP contribution in [0.5, 0.6) is 11.5 Å². The Labute approximate surface area is 175 Å². The number of ether oxygens (including phenoxy) is 2. The van der Waals surface area contributed by atoms with Crippen molar-refractivity contribution >= 4 is 16.7 Å². The van der Waals surface area contributed by atoms with Gasteiger partial charge >= 0.3 is 0 Å². The summed E-state index contributed by atoms with van der Waals surface area (Å²) < 4.78 is 12.2. The molecule has 1 atom stereocenters. The Morgan fingerprint density at radius 1 is 1.07 bits per heavy atom. The van der Waals surface area contributed by atoms with Crippen LogP contribution >= 0.6 is 0 Å². The van der Waals surface area contributed by atoms with Gasteiger partial charge in [-0.15, -0.1) is 0 Å². The number of aryl methyl sites for hydroxylation is 1. The lowest BCUT2D eigenvalue weighted by Crippen LogP contribution is -2.45. The predicted molar refractivity (Wildman–Crippen MR) is 116 cm³/mol. The van der Waals surface area contributed by atoms with Crippen molar-refractivity contribution in [3.8, 4) is 11.5 Å². The zero-order valence-electron chi connectivity index (χ0n) is 17.7. The third kappa shape index (κ3) is 4.97. The zero-order valence-corrected chi connectivity index (χ0v) is 17.7. The Bertz CT molecular complexity index is 1070. The standard InChI is InChI=1S/C23H27N3O4/c1-15(2)21(14-30-18-11-9-17(29-4)10-12-18)24-22(27)13-26-23(28)20-8-6-5-7-19(20)16(3)25-26/h5-12,15,21H,13-14H2,1-4H3,(H,24,27)/t21-/m1/s1. The normalized spacial score (nSPS) is 12.0. The maximum absolute atomic E-state index is 12.7. The Morgan fingerprint density at radius 3 is 2.33 bits per heavy atom. The number of rotatable bonds is 8. The molecule has 0 spiro atoms. The third-order valence-electron chi connectivity index (χ3n) is 4.99. The summed E-state index contributed by atoms with van der Waals surface area (Å²) in [6.07, 6.45) is 0. The predicted octanol–water partition coefficient (Wildman–Crippen LogP) is 2.93. The highest BCUT2D eigenvalue weighted by Crippen LogP contribution is 2.18. The summed E-state index contributed by atoms with van der Waals surface area (Å²) in [5.74, 6) is 1.31. The second kappa shape index (κ2) is 9.43. The van der Waals surface area contributed by atoms with E-state index < -0.39 is 0 Å². The number of methoxy groups -OCH3 is 1. The minimum atomic E-state index is -0.281. The monoisotopic (exact) mass is 409 g/mol. The molecule has 1 N–H and O–H groups in total. The molecule has 3 aromatic rings. The van der Waals surface area contributed by atoms with Crippen molar-refractivity contribution in [1.82, 2.24) is 15.1 Å². The largest absolute Gasteiger partial charge is 0.497 e. The van der Waals surface area contributed by atoms with Gasteiger partial charge in [-0.1, -0.05) is 32.0 Å². The summed E-state index contributed by atoms with van der Waals surface area (Å²) in [6.45, 7) is 6.01. The first-order valence-corrected chi connectivity index (χ1v) is 9.91. The lowest BCUT2D eigenvalue weighted by atomic mass is 10.1. The molecule has 2 aromatic carbocycles. The van der Waals surface area contributed by atoms with Gasteiger partial charge in [0, 0.05) is 5.39 Å². The minimum Gasteiger partial charge on any atom is -0.497 e. The van der Waals surface area contributed by atoms with Gasteiger partial charge in [0.1, 0.15) is 24.7 Å². The Hall–Kier alpha value is -3.35. The number of nitrogens with one attached hydrogen (secondary N) is 1. The first-order chi connectivity index (χ1) is 14.4. The van der Waals surface area contributed by atoms with Crippen molar-refractivity contribution in [2.45, 2.75) is 33.4 Å². The van der Waals surface area contributed by atoms with E-state index in [0.717, 1.165) is 11.1 Å². The van der Waals surface area contributed by atoms with Gasteiger partial charge in [0.05, 0.1) is 24.2 Å². The summed E-state index contributed by atoms with van der Waals surface area (Å²) in [5.41, 5.74) is 0.433. The number of fused-ring (bicyclic) bond motifs is 1. The second-order valence-corrected chi connectivity index (χ2v) is 7.50. The first-order valence-electron chi connectivity index (χ1n) is 9.91. The number of hydrogen-bond donors (Lipinski definition) is 1. The molecule has 0 unspecified atom stereocenters. The molecule has 7 nitrogen and oxygen atoms in total. The van der Waals surface area contributed by atoms with E-state index in [0.29, 0.717) is 23.4 Å². The van der Waals surface area contributed by atoms with Crippen LogP contribution in [0.1, 0.15) is 19.5 Å². The third-order valence-corrected chi connectivity index (χ3v) is 4.99. The molecule has 1 heterocycles. The van der Waals surface area contributed by atoms with E-state index in [-0.39, 0.29) is 30.0 Å². The maximum Gasteiger partial charge on any atom is 0.275 e. The molecular formula is C23H27N3O4. The van der Waals surface area contributed by atoms with Crippen LogP contribution in [0.25, 0.3) is 10.8 Å². The molecule has 3 rings (SSSR count). The molecule has 0 radical (unpaired) electrons. The van der Waals surface area contributed by atoms with Crippen molar-refractivity contribution < 1.29 is 14.3 Å². The van der Waals surface area contributed by atoms with Crippen molar-refractivity contribution in [2.24, 2.45) is 5.92 Å². The summed E-state index contributed by atoms with van der Waals surface area (Å²) in [4.78, 5) is 25.3. The number of benzene rings is 2. The maximum atomic E-state index is 12.7. The van der Waals surface area contributed by atoms with Gasteiger partial charge in [-0.2, -0.15) is 5.10 Å². The summed E-state index contributed by atoms with van der Waals surface area (Å²) >= 11 is 0. The van der Waals surface area contributed by atoms with Crippen LogP contribution in [-0.2, 0) is 11.3 Å². The molecule has 0 aliphatic heterocycles. The Kier molecular flexibility index (Phi) is 6.72. The zero-order chi connectivity index (χ0) is 21.7. The van der Waals surface area contributed by atoms with Crippen LogP contribution in [0.15, 0.2) is 53.3 Å². The number of aromatic nitrogens is 2. The van der Waals surface area contributed by atoms with Crippen LogP contribution in [0.2, 0.25) is 0 Å². The quantitative estimate of drug-likeness (QED) is 0.619. The van der Waals surface area contributed by atoms with Crippen molar-refractivity contribution in [2.75, 3.05) is 13.7 Å². The number of hydrogen-bond acceptors (Lipinski definition) is 5. The molecule has 0 bridgehead atoms. The second-order valence-electron chi connectivity index (χ2n) is 7.50. The van der Waals surface area contributed by atoms with Gasteiger partial charge in [0.2, 0.25) is 5.91 Å². The fourth-order valence-electron chi connectivity index (χ4n) is 3.16. The van der Waals surface area contributed by atoms with Crippen molar-refractivity contribution in [3.05, 3.63) is 64.6 Å². The minimum absolute atomic E-state index is 0.143. The van der Waals surface area contributed by atoms with Gasteiger partial charge in [-0.3, -0.25) is 9.59 Å². The summed E-state index contributed by atoms with van der Waals surface area (Å²) in [5, 5.41) is 8.62. The number of amides is 1. The van der Waals surface area contributed by atoms with Gasteiger partial charge in [-0.05, 0) is 43.2 Å². The van der Waals surface area contributed by atoms with Gasteiger partial charge < -0.3 is 14.8 Å². The van der Waals surface area contributed by atoms with E-state index in [9.17, 15) is 9.59 Å². The van der Waals surface area contributed by atoms with E-state index in [4.69, 9.17) is 9.47 Å². The molecule has 0 aliphatic carbocycles. The first kappa shape index (κ1) is 21.4. The van der Waals surface area contributed by atoms with E-state index in [1.54, 1.807) is 19.2 Å². The molecule has 30 heavy (non-hydrogen) atoms. The van der Waals surface area contributed by atoms with Crippen LogP contribution < -0.4 is 20.3 Å². The average molecular weight is 409 g/mol. The van der Waals surface area contributed by atoms with Gasteiger partial charge in [0.15, 0.2) is 0 Å². The van der Waals surface area contributed by atoms with Crippen LogP contribution in [0.4, 0.5) is 0 Å². The number of nitrogens with zero attached hydrogens (tertiary/aromatic N) is 2. The average Bonchev–Trinajstić information content (AvgIpc) is 2.75. The molecule has 7 heteroatoms. The van der Waals surface area contributed by atoms with E-state index in [1.807, 2.05) is 57.2 Å². The molecule has 158 valence electrons. The summed E-state index contributed by atoms with van der Waals surface area (Å²) in [6, 6.07) is 14.3. The lowest BCUT2D eigenvalue weighted by Gasteiger charge is -2.23. The molecule has 1 amide bonds. The Balaban J connectivity index is 1.67. The molecule has 0 saturated carbocycles. The van der Waals surface area contributed by atoms with Crippen LogP contribution in [-0.4, -0.2) is 35.4 Å². The fourth-order valence-corrected chi connectivity index (χ4v) is 3.16. The highest BCUT2D eigenvalue weighted by molar-refractivity contribution is 5.83. The van der Waals surface area contributed by atoms with Gasteiger partial charge in [-0.25, -0.2) is 4.68 Å². The fraction of sp³-hybridized carbons (Fsp3) is 0.348. The smallest absolute Gasteiger partial charge is 0.275 e. The SMILES string of the molecule is COc1ccc(OC[C@@H](NC(=O)Cn2nc(C)c3ccccc3c2=O)C(C)C)cc1. The molecule has 0 fully saturated rings. The molecule has 0 aliphatic rings. The van der Waals surface area contributed by atoms with Crippen LogP contribution in [0.3, 0.4) is 0 Å². The topological polar surface area (TPSA) is 82.4 Å². The van der Waals surface area contributed by atoms with E-state index >= 15 is 0 Å². The highest BCUT2D eigenvalue weighted by Gasteiger charge is 2.19. The summed E-state index contributed by atoms with van der Waals surface area (Å²) in [7, 11) is 1.61. The lowest BCUT2D eigenvalue weighted by molar-refractivity contribution is -0.123.